The number of carbonyl (C=O) groups excluding carboxylic acids is 1. The number of esters is 1. The van der Waals surface area contributed by atoms with E-state index in [1.54, 1.807) is 22.6 Å². The highest BCUT2D eigenvalue weighted by Crippen LogP contribution is 2.34. The summed E-state index contributed by atoms with van der Waals surface area (Å²) in [5.74, 6) is -0.638. The molecule has 1 aromatic rings. The molecule has 0 N–H and O–H groups in total. The summed E-state index contributed by atoms with van der Waals surface area (Å²) in [4.78, 5) is 11.3. The topological polar surface area (TPSA) is 44.1 Å². The largest absolute Gasteiger partial charge is 0.467 e. The van der Waals surface area contributed by atoms with Crippen molar-refractivity contribution in [1.82, 2.24) is 9.78 Å². The van der Waals surface area contributed by atoms with Gasteiger partial charge >= 0.3 is 12.1 Å². The molecule has 0 bridgehead atoms. The number of hydrogen-bond acceptors (Lipinski definition) is 3. The Kier molecular flexibility index (Phi) is 4.05. The van der Waals surface area contributed by atoms with Crippen LogP contribution in [0.3, 0.4) is 0 Å². The molecule has 96 valence electrons. The molecule has 0 radical (unpaired) electrons. The molecule has 0 aliphatic carbocycles. The van der Waals surface area contributed by atoms with Crippen molar-refractivity contribution in [3.05, 3.63) is 15.0 Å². The Morgan fingerprint density at radius 1 is 1.53 bits per heavy atom. The number of ether oxygens (including phenoxy) is 1. The molecule has 0 amide bonds. The Morgan fingerprint density at radius 2 is 2.06 bits per heavy atom. The number of nitrogens with zero attached hydrogens (tertiary/aromatic N) is 2. The van der Waals surface area contributed by atoms with Gasteiger partial charge in [0.1, 0.15) is 6.04 Å². The van der Waals surface area contributed by atoms with Gasteiger partial charge in [-0.1, -0.05) is 0 Å². The van der Waals surface area contributed by atoms with Gasteiger partial charge in [-0.15, -0.1) is 0 Å². The molecule has 8 heteroatoms. The van der Waals surface area contributed by atoms with Crippen molar-refractivity contribution in [3.63, 3.8) is 0 Å². The first-order chi connectivity index (χ1) is 7.70. The maximum atomic E-state index is 12.6. The maximum Gasteiger partial charge on any atom is 0.436 e. The van der Waals surface area contributed by atoms with E-state index in [0.717, 1.165) is 4.68 Å². The molecular formula is C9H10F3IN2O2. The molecular weight excluding hydrogens is 352 g/mol. The summed E-state index contributed by atoms with van der Waals surface area (Å²) < 4.78 is 43.3. The molecule has 4 nitrogen and oxygen atoms in total. The van der Waals surface area contributed by atoms with Crippen LogP contribution >= 0.6 is 22.6 Å². The highest BCUT2D eigenvalue weighted by atomic mass is 127. The van der Waals surface area contributed by atoms with E-state index in [9.17, 15) is 18.0 Å². The lowest BCUT2D eigenvalue weighted by molar-refractivity contribution is -0.146. The maximum absolute atomic E-state index is 12.6. The van der Waals surface area contributed by atoms with Gasteiger partial charge in [0.2, 0.25) is 0 Å². The third-order valence-electron chi connectivity index (χ3n) is 2.25. The van der Waals surface area contributed by atoms with Crippen LogP contribution in [0.25, 0.3) is 0 Å². The third kappa shape index (κ3) is 2.72. The zero-order valence-corrected chi connectivity index (χ0v) is 11.5. The van der Waals surface area contributed by atoms with E-state index in [4.69, 9.17) is 0 Å². The average Bonchev–Trinajstić information content (AvgIpc) is 2.53. The summed E-state index contributed by atoms with van der Waals surface area (Å²) in [6.45, 7) is 2.91. The SMILES string of the molecule is COC(=O)[C@H](C)n1nc(C(F)(F)F)c(I)c1C. The van der Waals surface area contributed by atoms with Crippen molar-refractivity contribution in [2.24, 2.45) is 0 Å². The van der Waals surface area contributed by atoms with Crippen LogP contribution in [0.1, 0.15) is 24.4 Å². The van der Waals surface area contributed by atoms with Gasteiger partial charge in [-0.2, -0.15) is 18.3 Å². The van der Waals surface area contributed by atoms with Gasteiger partial charge in [0, 0.05) is 0 Å². The van der Waals surface area contributed by atoms with Gasteiger partial charge in [0.25, 0.3) is 0 Å². The highest BCUT2D eigenvalue weighted by molar-refractivity contribution is 14.1. The number of halogens is 4. The molecule has 0 fully saturated rings. The van der Waals surface area contributed by atoms with Crippen molar-refractivity contribution >= 4 is 28.6 Å². The fraction of sp³-hybridized carbons (Fsp3) is 0.556. The van der Waals surface area contributed by atoms with E-state index in [2.05, 4.69) is 9.84 Å². The number of methoxy groups -OCH3 is 1. The Labute approximate surface area is 109 Å². The molecule has 0 saturated carbocycles. The van der Waals surface area contributed by atoms with Crippen LogP contribution in [0, 0.1) is 10.5 Å². The van der Waals surface area contributed by atoms with Crippen molar-refractivity contribution in [3.8, 4) is 0 Å². The van der Waals surface area contributed by atoms with Gasteiger partial charge in [0.15, 0.2) is 5.69 Å². The van der Waals surface area contributed by atoms with E-state index >= 15 is 0 Å². The fourth-order valence-corrected chi connectivity index (χ4v) is 1.99. The number of aromatic nitrogens is 2. The Morgan fingerprint density at radius 3 is 2.41 bits per heavy atom. The van der Waals surface area contributed by atoms with E-state index in [1.807, 2.05) is 0 Å². The molecule has 1 aromatic heterocycles. The number of carbonyl (C=O) groups is 1. The van der Waals surface area contributed by atoms with Crippen molar-refractivity contribution < 1.29 is 22.7 Å². The van der Waals surface area contributed by atoms with Gasteiger partial charge in [-0.25, -0.2) is 4.79 Å². The summed E-state index contributed by atoms with van der Waals surface area (Å²) in [5.41, 5.74) is -0.692. The molecule has 1 heterocycles. The van der Waals surface area contributed by atoms with E-state index in [1.165, 1.54) is 21.0 Å². The average molecular weight is 362 g/mol. The summed E-state index contributed by atoms with van der Waals surface area (Å²) in [5, 5.41) is 3.43. The first-order valence-corrected chi connectivity index (χ1v) is 5.67. The Balaban J connectivity index is 3.25. The van der Waals surface area contributed by atoms with E-state index in [-0.39, 0.29) is 9.26 Å². The fourth-order valence-electron chi connectivity index (χ4n) is 1.33. The van der Waals surface area contributed by atoms with Crippen LogP contribution in [0.5, 0.6) is 0 Å². The third-order valence-corrected chi connectivity index (χ3v) is 3.55. The predicted molar refractivity (Wildman–Crippen MR) is 61.4 cm³/mol. The van der Waals surface area contributed by atoms with Crippen LogP contribution in [-0.2, 0) is 15.7 Å². The minimum atomic E-state index is -4.53. The zero-order chi connectivity index (χ0) is 13.4. The zero-order valence-electron chi connectivity index (χ0n) is 9.30. The second-order valence-electron chi connectivity index (χ2n) is 3.39. The Hall–Kier alpha value is -0.800. The van der Waals surface area contributed by atoms with Gasteiger partial charge in [0.05, 0.1) is 16.4 Å². The van der Waals surface area contributed by atoms with Crippen LogP contribution in [0.4, 0.5) is 13.2 Å². The lowest BCUT2D eigenvalue weighted by Crippen LogP contribution is -2.20. The summed E-state index contributed by atoms with van der Waals surface area (Å²) in [7, 11) is 1.17. The quantitative estimate of drug-likeness (QED) is 0.600. The molecule has 0 aromatic carbocycles. The molecule has 0 unspecified atom stereocenters. The number of rotatable bonds is 2. The minimum Gasteiger partial charge on any atom is -0.467 e. The molecule has 17 heavy (non-hydrogen) atoms. The molecule has 1 atom stereocenters. The van der Waals surface area contributed by atoms with Crippen LogP contribution in [-0.4, -0.2) is 22.9 Å². The number of alkyl halides is 3. The number of hydrogen-bond donors (Lipinski definition) is 0. The second-order valence-corrected chi connectivity index (χ2v) is 4.47. The summed E-state index contributed by atoms with van der Waals surface area (Å²) in [6, 6.07) is -0.885. The van der Waals surface area contributed by atoms with Crippen LogP contribution < -0.4 is 0 Å². The van der Waals surface area contributed by atoms with Crippen LogP contribution in [0.2, 0.25) is 0 Å². The van der Waals surface area contributed by atoms with Crippen molar-refractivity contribution in [2.45, 2.75) is 26.1 Å². The molecule has 0 spiro atoms. The molecule has 0 aliphatic rings. The monoisotopic (exact) mass is 362 g/mol. The minimum absolute atomic E-state index is 0.00847. The highest BCUT2D eigenvalue weighted by Gasteiger charge is 2.38. The van der Waals surface area contributed by atoms with Gasteiger partial charge < -0.3 is 4.74 Å². The van der Waals surface area contributed by atoms with Gasteiger partial charge in [-0.3, -0.25) is 4.68 Å². The molecule has 0 saturated heterocycles. The first kappa shape index (κ1) is 14.3. The van der Waals surface area contributed by atoms with Gasteiger partial charge in [-0.05, 0) is 36.4 Å². The smallest absolute Gasteiger partial charge is 0.436 e. The first-order valence-electron chi connectivity index (χ1n) is 4.59. The second kappa shape index (κ2) is 4.83. The van der Waals surface area contributed by atoms with Crippen molar-refractivity contribution in [1.29, 1.82) is 0 Å². The lowest BCUT2D eigenvalue weighted by atomic mass is 10.3. The normalized spacial score (nSPS) is 13.6. The van der Waals surface area contributed by atoms with E-state index < -0.39 is 23.9 Å². The summed E-state index contributed by atoms with van der Waals surface area (Å²) in [6.07, 6.45) is -4.53. The molecule has 0 aliphatic heterocycles. The predicted octanol–water partition coefficient (Wildman–Crippen LogP) is 2.55. The standard InChI is InChI=1S/C9H10F3IN2O2/c1-4-6(13)7(9(10,11)12)14-15(4)5(2)8(16)17-3/h5H,1-3H3/t5-/m0/s1. The summed E-state index contributed by atoms with van der Waals surface area (Å²) >= 11 is 1.56. The molecule has 1 rings (SSSR count). The van der Waals surface area contributed by atoms with E-state index in [0.29, 0.717) is 0 Å². The van der Waals surface area contributed by atoms with Crippen LogP contribution in [0.15, 0.2) is 0 Å². The lowest BCUT2D eigenvalue weighted by Gasteiger charge is -2.11. The van der Waals surface area contributed by atoms with Crippen molar-refractivity contribution in [2.75, 3.05) is 7.11 Å². The Bertz CT molecular complexity index is 442.